The third-order valence-corrected chi connectivity index (χ3v) is 3.84. The monoisotopic (exact) mass is 290 g/mol. The average Bonchev–Trinajstić information content (AvgIpc) is 2.87. The lowest BCUT2D eigenvalue weighted by Gasteiger charge is -2.11. The molecule has 1 aromatic heterocycles. The molecule has 0 radical (unpaired) electrons. The van der Waals surface area contributed by atoms with Gasteiger partial charge in [0.15, 0.2) is 0 Å². The average molecular weight is 290 g/mol. The van der Waals surface area contributed by atoms with Crippen LogP contribution in [0.1, 0.15) is 27.2 Å². The fourth-order valence-corrected chi connectivity index (χ4v) is 2.65. The van der Waals surface area contributed by atoms with Crippen molar-refractivity contribution in [2.24, 2.45) is 0 Å². The van der Waals surface area contributed by atoms with E-state index in [9.17, 15) is 9.90 Å². The number of aromatic nitrogens is 1. The van der Waals surface area contributed by atoms with Crippen molar-refractivity contribution in [3.8, 4) is 6.07 Å². The molecule has 1 heterocycles. The lowest BCUT2D eigenvalue weighted by Crippen LogP contribution is -2.10. The zero-order valence-electron chi connectivity index (χ0n) is 12.1. The van der Waals surface area contributed by atoms with Crippen LogP contribution in [0.25, 0.3) is 10.9 Å². The lowest BCUT2D eigenvalue weighted by molar-refractivity contribution is 0.0686. The van der Waals surface area contributed by atoms with Crippen LogP contribution >= 0.6 is 0 Å². The summed E-state index contributed by atoms with van der Waals surface area (Å²) in [7, 11) is 0. The highest BCUT2D eigenvalue weighted by Gasteiger charge is 2.15. The minimum absolute atomic E-state index is 0.230. The van der Waals surface area contributed by atoms with E-state index in [2.05, 4.69) is 6.07 Å². The van der Waals surface area contributed by atoms with Crippen LogP contribution in [0.5, 0.6) is 0 Å². The molecule has 1 N–H and O–H groups in total. The number of hydrogen-bond donors (Lipinski definition) is 1. The second-order valence-electron chi connectivity index (χ2n) is 5.23. The van der Waals surface area contributed by atoms with Crippen molar-refractivity contribution in [1.29, 1.82) is 5.26 Å². The van der Waals surface area contributed by atoms with Crippen molar-refractivity contribution >= 4 is 16.9 Å². The smallest absolute Gasteiger partial charge is 0.352 e. The van der Waals surface area contributed by atoms with Gasteiger partial charge < -0.3 is 9.67 Å². The van der Waals surface area contributed by atoms with Gasteiger partial charge >= 0.3 is 5.97 Å². The van der Waals surface area contributed by atoms with Crippen LogP contribution in [-0.4, -0.2) is 15.6 Å². The second-order valence-corrected chi connectivity index (χ2v) is 5.23. The maximum Gasteiger partial charge on any atom is 0.352 e. The van der Waals surface area contributed by atoms with Crippen LogP contribution in [0.2, 0.25) is 0 Å². The van der Waals surface area contributed by atoms with E-state index in [1.807, 2.05) is 31.2 Å². The van der Waals surface area contributed by atoms with E-state index in [0.29, 0.717) is 12.1 Å². The number of hydrogen-bond acceptors (Lipinski definition) is 2. The largest absolute Gasteiger partial charge is 0.477 e. The molecule has 0 amide bonds. The Balaban J connectivity index is 2.19. The molecule has 0 bridgehead atoms. The fourth-order valence-electron chi connectivity index (χ4n) is 2.65. The molecule has 0 aliphatic heterocycles. The molecule has 4 heteroatoms. The Hall–Kier alpha value is -3.06. The SMILES string of the molecule is Cc1ccccc1Cn1c(C(=O)O)cc2cc(C#N)ccc21. The van der Waals surface area contributed by atoms with E-state index in [0.717, 1.165) is 22.0 Å². The van der Waals surface area contributed by atoms with Gasteiger partial charge in [-0.15, -0.1) is 0 Å². The molecule has 0 fully saturated rings. The van der Waals surface area contributed by atoms with E-state index in [-0.39, 0.29) is 5.69 Å². The van der Waals surface area contributed by atoms with Gasteiger partial charge in [0, 0.05) is 17.4 Å². The molecule has 0 unspecified atom stereocenters. The van der Waals surface area contributed by atoms with Gasteiger partial charge in [0.1, 0.15) is 5.69 Å². The standard InChI is InChI=1S/C18H14N2O2/c1-12-4-2-3-5-14(12)11-20-16-7-6-13(10-19)8-15(16)9-17(20)18(21)22/h2-9H,11H2,1H3,(H,21,22). The number of carbonyl (C=O) groups is 1. The predicted octanol–water partition coefficient (Wildman–Crippen LogP) is 3.57. The summed E-state index contributed by atoms with van der Waals surface area (Å²) in [6.07, 6.45) is 0. The third kappa shape index (κ3) is 2.33. The molecular weight excluding hydrogens is 276 g/mol. The van der Waals surface area contributed by atoms with Crippen LogP contribution in [0, 0.1) is 18.3 Å². The topological polar surface area (TPSA) is 66.0 Å². The zero-order chi connectivity index (χ0) is 15.7. The zero-order valence-corrected chi connectivity index (χ0v) is 12.1. The summed E-state index contributed by atoms with van der Waals surface area (Å²) in [6, 6.07) is 16.8. The van der Waals surface area contributed by atoms with Gasteiger partial charge in [-0.25, -0.2) is 4.79 Å². The highest BCUT2D eigenvalue weighted by Crippen LogP contribution is 2.23. The number of aryl methyl sites for hydroxylation is 1. The number of carboxylic acid groups (broad SMARTS) is 1. The van der Waals surface area contributed by atoms with Crippen LogP contribution in [0.3, 0.4) is 0 Å². The molecule has 2 aromatic carbocycles. The summed E-state index contributed by atoms with van der Waals surface area (Å²) in [5, 5.41) is 19.2. The molecule has 0 aliphatic rings. The molecule has 4 nitrogen and oxygen atoms in total. The maximum absolute atomic E-state index is 11.5. The molecule has 108 valence electrons. The molecule has 0 saturated heterocycles. The Morgan fingerprint density at radius 1 is 1.23 bits per heavy atom. The molecular formula is C18H14N2O2. The van der Waals surface area contributed by atoms with Crippen LogP contribution in [0.15, 0.2) is 48.5 Å². The highest BCUT2D eigenvalue weighted by molar-refractivity contribution is 5.95. The number of rotatable bonds is 3. The van der Waals surface area contributed by atoms with Gasteiger partial charge in [0.05, 0.1) is 11.6 Å². The minimum atomic E-state index is -0.969. The van der Waals surface area contributed by atoms with Crippen LogP contribution in [0.4, 0.5) is 0 Å². The number of carboxylic acids is 1. The first-order valence-corrected chi connectivity index (χ1v) is 6.91. The first-order chi connectivity index (χ1) is 10.6. The van der Waals surface area contributed by atoms with Crippen molar-refractivity contribution in [3.05, 3.63) is 70.9 Å². The second kappa shape index (κ2) is 5.38. The fraction of sp³-hybridized carbons (Fsp3) is 0.111. The third-order valence-electron chi connectivity index (χ3n) is 3.84. The summed E-state index contributed by atoms with van der Waals surface area (Å²) in [5.74, 6) is -0.969. The number of nitriles is 1. The van der Waals surface area contributed by atoms with Crippen molar-refractivity contribution in [2.45, 2.75) is 13.5 Å². The quantitative estimate of drug-likeness (QED) is 0.802. The highest BCUT2D eigenvalue weighted by atomic mass is 16.4. The molecule has 0 saturated carbocycles. The Morgan fingerprint density at radius 3 is 2.68 bits per heavy atom. The molecule has 3 aromatic rings. The first kappa shape index (κ1) is 13.9. The summed E-state index contributed by atoms with van der Waals surface area (Å²) in [4.78, 5) is 11.5. The van der Waals surface area contributed by atoms with Crippen LogP contribution in [-0.2, 0) is 6.54 Å². The number of nitrogens with zero attached hydrogens (tertiary/aromatic N) is 2. The van der Waals surface area contributed by atoms with Gasteiger partial charge in [0.25, 0.3) is 0 Å². The van der Waals surface area contributed by atoms with Gasteiger partial charge in [0.2, 0.25) is 0 Å². The van der Waals surface area contributed by atoms with Crippen molar-refractivity contribution in [3.63, 3.8) is 0 Å². The van der Waals surface area contributed by atoms with Crippen molar-refractivity contribution in [1.82, 2.24) is 4.57 Å². The normalized spacial score (nSPS) is 10.5. The molecule has 0 spiro atoms. The maximum atomic E-state index is 11.5. The lowest BCUT2D eigenvalue weighted by atomic mass is 10.1. The summed E-state index contributed by atoms with van der Waals surface area (Å²) < 4.78 is 1.78. The van der Waals surface area contributed by atoms with Gasteiger partial charge in [-0.2, -0.15) is 5.26 Å². The minimum Gasteiger partial charge on any atom is -0.477 e. The Kier molecular flexibility index (Phi) is 3.40. The van der Waals surface area contributed by atoms with E-state index >= 15 is 0 Å². The molecule has 0 aliphatic carbocycles. The molecule has 22 heavy (non-hydrogen) atoms. The predicted molar refractivity (Wildman–Crippen MR) is 83.9 cm³/mol. The van der Waals surface area contributed by atoms with Gasteiger partial charge in [-0.1, -0.05) is 24.3 Å². The molecule has 0 atom stereocenters. The number of benzene rings is 2. The Bertz CT molecular complexity index is 916. The number of aromatic carboxylic acids is 1. The van der Waals surface area contributed by atoms with E-state index in [4.69, 9.17) is 5.26 Å². The number of fused-ring (bicyclic) bond motifs is 1. The van der Waals surface area contributed by atoms with Gasteiger partial charge in [-0.05, 0) is 42.3 Å². The summed E-state index contributed by atoms with van der Waals surface area (Å²) in [6.45, 7) is 2.50. The van der Waals surface area contributed by atoms with E-state index in [1.54, 1.807) is 28.8 Å². The van der Waals surface area contributed by atoms with Crippen molar-refractivity contribution in [2.75, 3.05) is 0 Å². The van der Waals surface area contributed by atoms with E-state index in [1.165, 1.54) is 0 Å². The first-order valence-electron chi connectivity index (χ1n) is 6.91. The summed E-state index contributed by atoms with van der Waals surface area (Å²) >= 11 is 0. The molecule has 3 rings (SSSR count). The Labute approximate surface area is 127 Å². The summed E-state index contributed by atoms with van der Waals surface area (Å²) in [5.41, 5.74) is 3.77. The van der Waals surface area contributed by atoms with Crippen molar-refractivity contribution < 1.29 is 9.90 Å². The van der Waals surface area contributed by atoms with Crippen LogP contribution < -0.4 is 0 Å². The Morgan fingerprint density at radius 2 is 2.00 bits per heavy atom. The van der Waals surface area contributed by atoms with Gasteiger partial charge in [-0.3, -0.25) is 0 Å². The van der Waals surface area contributed by atoms with E-state index < -0.39 is 5.97 Å².